The van der Waals surface area contributed by atoms with E-state index in [2.05, 4.69) is 34.6 Å². The van der Waals surface area contributed by atoms with E-state index in [1.807, 2.05) is 37.5 Å². The second-order valence-corrected chi connectivity index (χ2v) is 14.2. The van der Waals surface area contributed by atoms with E-state index in [1.165, 1.54) is 12.7 Å². The SMILES string of the molecule is CNCOC1Cc2c3c(c4c(c2OC1c1cc(CCCO)c(O)c(OC)c1)CCC(CO)O4)-c1ccc(O)cc1C(Cc1ccc2[nH]ccc2c1)C3. The van der Waals surface area contributed by atoms with Gasteiger partial charge in [-0.3, -0.25) is 5.32 Å². The number of aromatic nitrogens is 1. The van der Waals surface area contributed by atoms with Crippen LogP contribution >= 0.6 is 0 Å². The maximum Gasteiger partial charge on any atom is 0.161 e. The Labute approximate surface area is 302 Å². The average Bonchev–Trinajstić information content (AvgIpc) is 3.64. The molecule has 10 heteroatoms. The summed E-state index contributed by atoms with van der Waals surface area (Å²) in [4.78, 5) is 3.29. The Morgan fingerprint density at radius 1 is 0.942 bits per heavy atom. The lowest BCUT2D eigenvalue weighted by atomic mass is 9.72. The minimum Gasteiger partial charge on any atom is -0.508 e. The maximum atomic E-state index is 11.0. The highest BCUT2D eigenvalue weighted by Gasteiger charge is 2.42. The summed E-state index contributed by atoms with van der Waals surface area (Å²) in [7, 11) is 3.38. The van der Waals surface area contributed by atoms with Gasteiger partial charge in [0.15, 0.2) is 17.6 Å². The molecule has 6 N–H and O–H groups in total. The first-order chi connectivity index (χ1) is 25.4. The van der Waals surface area contributed by atoms with Gasteiger partial charge in [0, 0.05) is 41.4 Å². The van der Waals surface area contributed by atoms with E-state index in [4.69, 9.17) is 18.9 Å². The number of phenols is 2. The molecule has 3 aliphatic rings. The van der Waals surface area contributed by atoms with Gasteiger partial charge in [-0.25, -0.2) is 0 Å². The molecule has 0 fully saturated rings. The summed E-state index contributed by atoms with van der Waals surface area (Å²) in [5.41, 5.74) is 10.1. The Kier molecular flexibility index (Phi) is 9.48. The monoisotopic (exact) mass is 706 g/mol. The van der Waals surface area contributed by atoms with E-state index in [0.717, 1.165) is 67.8 Å². The van der Waals surface area contributed by atoms with Gasteiger partial charge in [-0.2, -0.15) is 0 Å². The lowest BCUT2D eigenvalue weighted by molar-refractivity contribution is -0.0436. The molecule has 0 bridgehead atoms. The predicted octanol–water partition coefficient (Wildman–Crippen LogP) is 5.99. The summed E-state index contributed by atoms with van der Waals surface area (Å²) in [6.07, 6.45) is 5.03. The first-order valence-corrected chi connectivity index (χ1v) is 18.2. The Bertz CT molecular complexity index is 2110. The van der Waals surface area contributed by atoms with Crippen molar-refractivity contribution in [2.45, 2.75) is 69.2 Å². The molecule has 8 rings (SSSR count). The molecule has 0 radical (unpaired) electrons. The Morgan fingerprint density at radius 3 is 2.63 bits per heavy atom. The molecule has 4 unspecified atom stereocenters. The van der Waals surface area contributed by atoms with Crippen LogP contribution in [-0.4, -0.2) is 71.7 Å². The van der Waals surface area contributed by atoms with Crippen molar-refractivity contribution in [2.75, 3.05) is 34.1 Å². The van der Waals surface area contributed by atoms with Gasteiger partial charge in [0.1, 0.15) is 29.5 Å². The zero-order valence-corrected chi connectivity index (χ0v) is 29.6. The zero-order chi connectivity index (χ0) is 35.9. The summed E-state index contributed by atoms with van der Waals surface area (Å²) in [5, 5.41) is 45.9. The molecular formula is C42H46N2O8. The zero-order valence-electron chi connectivity index (χ0n) is 29.6. The number of rotatable bonds is 11. The summed E-state index contributed by atoms with van der Waals surface area (Å²) < 4.78 is 25.9. The molecule has 0 spiro atoms. The second-order valence-electron chi connectivity index (χ2n) is 14.2. The highest BCUT2D eigenvalue weighted by molar-refractivity contribution is 5.85. The number of H-pyrrole nitrogens is 1. The van der Waals surface area contributed by atoms with Crippen molar-refractivity contribution in [3.8, 4) is 39.9 Å². The first-order valence-electron chi connectivity index (χ1n) is 18.2. The normalized spacial score (nSPS) is 20.3. The number of hydrogen-bond donors (Lipinski definition) is 6. The third kappa shape index (κ3) is 6.13. The van der Waals surface area contributed by atoms with Gasteiger partial charge in [0.05, 0.1) is 20.4 Å². The third-order valence-corrected chi connectivity index (χ3v) is 11.0. The molecule has 4 aromatic carbocycles. The van der Waals surface area contributed by atoms with Gasteiger partial charge >= 0.3 is 0 Å². The quantitative estimate of drug-likeness (QED) is 0.0913. The van der Waals surface area contributed by atoms with Crippen molar-refractivity contribution in [3.63, 3.8) is 0 Å². The number of phenolic OH excluding ortho intramolecular Hbond substituents is 2. The fraction of sp³-hybridized carbons (Fsp3) is 0.381. The molecule has 0 saturated carbocycles. The molecule has 1 aromatic heterocycles. The molecule has 3 heterocycles. The lowest BCUT2D eigenvalue weighted by Gasteiger charge is -2.41. The number of aromatic hydroxyl groups is 2. The minimum atomic E-state index is -0.530. The van der Waals surface area contributed by atoms with Crippen molar-refractivity contribution >= 4 is 10.9 Å². The molecule has 2 aliphatic heterocycles. The number of ether oxygens (including phenoxy) is 4. The fourth-order valence-corrected chi connectivity index (χ4v) is 8.51. The molecular weight excluding hydrogens is 660 g/mol. The number of aromatic amines is 1. The summed E-state index contributed by atoms with van der Waals surface area (Å²) in [6, 6.07) is 18.0. The predicted molar refractivity (Wildman–Crippen MR) is 198 cm³/mol. The molecule has 52 heavy (non-hydrogen) atoms. The van der Waals surface area contributed by atoms with Crippen LogP contribution in [0.25, 0.3) is 22.0 Å². The summed E-state index contributed by atoms with van der Waals surface area (Å²) in [6.45, 7) is 0.225. The molecule has 272 valence electrons. The van der Waals surface area contributed by atoms with Gasteiger partial charge in [0.2, 0.25) is 0 Å². The second kappa shape index (κ2) is 14.4. The van der Waals surface area contributed by atoms with Crippen molar-refractivity contribution in [2.24, 2.45) is 0 Å². The van der Waals surface area contributed by atoms with Crippen molar-refractivity contribution in [1.29, 1.82) is 0 Å². The molecule has 5 aromatic rings. The molecule has 1 aliphatic carbocycles. The first kappa shape index (κ1) is 34.4. The Morgan fingerprint density at radius 2 is 1.83 bits per heavy atom. The maximum absolute atomic E-state index is 11.0. The van der Waals surface area contributed by atoms with Crippen molar-refractivity contribution in [3.05, 3.63) is 99.7 Å². The van der Waals surface area contributed by atoms with Crippen molar-refractivity contribution < 1.29 is 39.4 Å². The van der Waals surface area contributed by atoms with Gasteiger partial charge in [-0.1, -0.05) is 12.1 Å². The van der Waals surface area contributed by atoms with Gasteiger partial charge in [0.25, 0.3) is 0 Å². The number of hydrogen-bond acceptors (Lipinski definition) is 9. The molecule has 4 atom stereocenters. The van der Waals surface area contributed by atoms with Crippen LogP contribution in [0.3, 0.4) is 0 Å². The Balaban J connectivity index is 1.29. The standard InChI is InChI=1S/C42H46N2O8/c1-43-22-50-37-20-34-33-17-26(15-23-5-10-35-24(14-23)11-12-44-35)32-19-28(47)6-8-30(32)38(33)42-31(9-7-29(21-46)51-42)41(34)52-40(37)27-16-25(4-3-13-45)39(48)36(18-27)49-2/h5-6,8,10-12,14,16,18-19,26,29,37,40,43-48H,3-4,7,9,13,15,17,20-22H2,1-2H3. The highest BCUT2D eigenvalue weighted by Crippen LogP contribution is 2.56. The average molecular weight is 707 g/mol. The number of aryl methyl sites for hydroxylation is 1. The van der Waals surface area contributed by atoms with E-state index < -0.39 is 6.10 Å². The number of aliphatic hydroxyl groups excluding tert-OH is 2. The topological polar surface area (TPSA) is 146 Å². The largest absolute Gasteiger partial charge is 0.508 e. The van der Waals surface area contributed by atoms with Crippen LogP contribution in [0.15, 0.2) is 60.8 Å². The number of benzene rings is 4. The lowest BCUT2D eigenvalue weighted by Crippen LogP contribution is -2.37. The van der Waals surface area contributed by atoms with E-state index in [9.17, 15) is 20.4 Å². The van der Waals surface area contributed by atoms with Crippen LogP contribution in [0.4, 0.5) is 0 Å². The van der Waals surface area contributed by atoms with Crippen LogP contribution in [0.1, 0.15) is 63.8 Å². The molecule has 0 amide bonds. The van der Waals surface area contributed by atoms with E-state index in [1.54, 1.807) is 6.07 Å². The number of fused-ring (bicyclic) bond motifs is 9. The van der Waals surface area contributed by atoms with Gasteiger partial charge < -0.3 is 44.4 Å². The van der Waals surface area contributed by atoms with Crippen LogP contribution in [0.2, 0.25) is 0 Å². The van der Waals surface area contributed by atoms with Crippen LogP contribution in [0, 0.1) is 0 Å². The highest BCUT2D eigenvalue weighted by atomic mass is 16.6. The van der Waals surface area contributed by atoms with Gasteiger partial charge in [-0.05, 0) is 133 Å². The number of aliphatic hydroxyl groups is 2. The van der Waals surface area contributed by atoms with Crippen LogP contribution in [0.5, 0.6) is 28.7 Å². The molecule has 10 nitrogen and oxygen atoms in total. The number of methoxy groups -OCH3 is 1. The van der Waals surface area contributed by atoms with E-state index in [0.29, 0.717) is 56.6 Å². The van der Waals surface area contributed by atoms with Crippen molar-refractivity contribution in [1.82, 2.24) is 10.3 Å². The summed E-state index contributed by atoms with van der Waals surface area (Å²) in [5.74, 6) is 2.22. The smallest absolute Gasteiger partial charge is 0.161 e. The van der Waals surface area contributed by atoms with Crippen LogP contribution < -0.4 is 19.5 Å². The van der Waals surface area contributed by atoms with E-state index in [-0.39, 0.29) is 42.8 Å². The third-order valence-electron chi connectivity index (χ3n) is 11.0. The fourth-order valence-electron chi connectivity index (χ4n) is 8.51. The number of nitrogens with one attached hydrogen (secondary N) is 2. The minimum absolute atomic E-state index is 0.00371. The molecule has 0 saturated heterocycles. The Hall–Kier alpha value is -4.74. The summed E-state index contributed by atoms with van der Waals surface area (Å²) >= 11 is 0. The van der Waals surface area contributed by atoms with Gasteiger partial charge in [-0.15, -0.1) is 0 Å². The van der Waals surface area contributed by atoms with E-state index >= 15 is 0 Å². The van der Waals surface area contributed by atoms with Crippen LogP contribution in [-0.2, 0) is 36.8 Å².